The average Bonchev–Trinajstić information content (AvgIpc) is 2.70. The first-order valence-corrected chi connectivity index (χ1v) is 9.48. The molecule has 0 saturated carbocycles. The van der Waals surface area contributed by atoms with Crippen molar-refractivity contribution in [1.82, 2.24) is 0 Å². The quantitative estimate of drug-likeness (QED) is 0.360. The molecule has 0 radical (unpaired) electrons. The summed E-state index contributed by atoms with van der Waals surface area (Å²) in [5, 5.41) is 2.77. The molecule has 0 aliphatic heterocycles. The summed E-state index contributed by atoms with van der Waals surface area (Å²) >= 11 is 0. The van der Waals surface area contributed by atoms with Crippen LogP contribution < -0.4 is 10.6 Å². The Hall–Kier alpha value is -2.09. The first kappa shape index (κ1) is 18.7. The molecule has 4 rings (SSSR count). The zero-order valence-corrected chi connectivity index (χ0v) is 14.9. The van der Waals surface area contributed by atoms with Gasteiger partial charge in [0, 0.05) is 0 Å². The van der Waals surface area contributed by atoms with Gasteiger partial charge in [0.1, 0.15) is 0 Å². The van der Waals surface area contributed by atoms with Crippen molar-refractivity contribution >= 4 is 38.1 Å². The van der Waals surface area contributed by atoms with Crippen LogP contribution in [0, 0.1) is 0 Å². The van der Waals surface area contributed by atoms with Crippen molar-refractivity contribution in [3.63, 3.8) is 0 Å². The zero-order chi connectivity index (χ0) is 16.9. The van der Waals surface area contributed by atoms with Crippen molar-refractivity contribution in [1.29, 1.82) is 0 Å². The van der Waals surface area contributed by atoms with Gasteiger partial charge in [0.05, 0.1) is 0 Å². The van der Waals surface area contributed by atoms with Gasteiger partial charge in [-0.25, -0.2) is 0 Å². The molecule has 4 aromatic carbocycles. The first-order valence-electron chi connectivity index (χ1n) is 8.48. The van der Waals surface area contributed by atoms with Gasteiger partial charge in [-0.15, -0.1) is 0 Å². The molecular formula is C24H20LiP. The van der Waals surface area contributed by atoms with E-state index in [9.17, 15) is 0 Å². The first-order chi connectivity index (χ1) is 12.4. The van der Waals surface area contributed by atoms with Gasteiger partial charge in [-0.2, -0.15) is 0 Å². The predicted molar refractivity (Wildman–Crippen MR) is 118 cm³/mol. The summed E-state index contributed by atoms with van der Waals surface area (Å²) in [4.78, 5) is 0. The molecule has 0 heterocycles. The summed E-state index contributed by atoms with van der Waals surface area (Å²) in [6, 6.07) is 38.8. The SMILES string of the molecule is [LiH].c1ccc(-c2ccccc2Pc2ccccc2-c2ccccc2)cc1. The normalized spacial score (nSPS) is 10.2. The molecule has 0 saturated heterocycles. The second-order valence-electron chi connectivity index (χ2n) is 5.95. The summed E-state index contributed by atoms with van der Waals surface area (Å²) in [5.74, 6) is 0. The van der Waals surface area contributed by atoms with Crippen LogP contribution in [0.5, 0.6) is 0 Å². The number of rotatable bonds is 4. The van der Waals surface area contributed by atoms with Crippen molar-refractivity contribution in [3.8, 4) is 22.3 Å². The number of benzene rings is 4. The van der Waals surface area contributed by atoms with Crippen LogP contribution in [0.3, 0.4) is 0 Å². The van der Waals surface area contributed by atoms with Gasteiger partial charge in [-0.05, 0) is 32.9 Å². The Labute approximate surface area is 169 Å². The van der Waals surface area contributed by atoms with Gasteiger partial charge in [0.25, 0.3) is 0 Å². The van der Waals surface area contributed by atoms with Crippen LogP contribution in [0.4, 0.5) is 0 Å². The number of hydrogen-bond acceptors (Lipinski definition) is 0. The fourth-order valence-corrected chi connectivity index (χ4v) is 4.44. The molecule has 0 aliphatic carbocycles. The Bertz CT molecular complexity index is 884. The van der Waals surface area contributed by atoms with Crippen LogP contribution in [0.15, 0.2) is 109 Å². The number of hydrogen-bond donors (Lipinski definition) is 0. The molecule has 0 spiro atoms. The predicted octanol–water partition coefficient (Wildman–Crippen LogP) is 5.00. The van der Waals surface area contributed by atoms with E-state index < -0.39 is 0 Å². The van der Waals surface area contributed by atoms with Crippen molar-refractivity contribution in [3.05, 3.63) is 109 Å². The molecule has 2 heteroatoms. The maximum absolute atomic E-state index is 2.25. The summed E-state index contributed by atoms with van der Waals surface area (Å²) in [7, 11) is 0.625. The third-order valence-corrected chi connectivity index (χ3v) is 5.70. The van der Waals surface area contributed by atoms with Crippen LogP contribution in [0.25, 0.3) is 22.3 Å². The summed E-state index contributed by atoms with van der Waals surface area (Å²) < 4.78 is 0. The maximum Gasteiger partial charge on any atom is -0.0106 e. The standard InChI is InChI=1S/C24H19P.Li.H/c1-3-11-19(12-4-1)21-15-7-9-17-23(21)25-24-18-10-8-16-22(24)20-13-5-2-6-14-20;;/h1-18,25H;;. The van der Waals surface area contributed by atoms with Gasteiger partial charge < -0.3 is 0 Å². The molecule has 0 fully saturated rings. The van der Waals surface area contributed by atoms with Gasteiger partial charge in [-0.1, -0.05) is 118 Å². The monoisotopic (exact) mass is 346 g/mol. The van der Waals surface area contributed by atoms with Crippen molar-refractivity contribution in [2.45, 2.75) is 0 Å². The molecular weight excluding hydrogens is 326 g/mol. The molecule has 0 unspecified atom stereocenters. The molecule has 122 valence electrons. The van der Waals surface area contributed by atoms with Crippen molar-refractivity contribution < 1.29 is 0 Å². The Balaban J connectivity index is 0.00000196. The van der Waals surface area contributed by atoms with Gasteiger partial charge in [-0.3, -0.25) is 0 Å². The third kappa shape index (κ3) is 4.17. The van der Waals surface area contributed by atoms with Crippen LogP contribution in [0.1, 0.15) is 0 Å². The fourth-order valence-electron chi connectivity index (χ4n) is 3.07. The van der Waals surface area contributed by atoms with Crippen molar-refractivity contribution in [2.24, 2.45) is 0 Å². The Morgan fingerprint density at radius 1 is 0.385 bits per heavy atom. The molecule has 0 amide bonds. The van der Waals surface area contributed by atoms with Gasteiger partial charge >= 0.3 is 18.9 Å². The Kier molecular flexibility index (Phi) is 6.49. The molecule has 0 aromatic heterocycles. The molecule has 4 aromatic rings. The van der Waals surface area contributed by atoms with Crippen LogP contribution in [-0.4, -0.2) is 18.9 Å². The smallest absolute Gasteiger partial charge is 0.0106 e. The van der Waals surface area contributed by atoms with E-state index in [0.717, 1.165) is 0 Å². The van der Waals surface area contributed by atoms with Gasteiger partial charge in [0.15, 0.2) is 0 Å². The van der Waals surface area contributed by atoms with E-state index in [1.165, 1.54) is 32.9 Å². The second kappa shape index (κ2) is 9.02. The fraction of sp³-hybridized carbons (Fsp3) is 0. The largest absolute Gasteiger partial charge is 0.0622 e. The topological polar surface area (TPSA) is 0 Å². The van der Waals surface area contributed by atoms with E-state index in [1.54, 1.807) is 0 Å². The van der Waals surface area contributed by atoms with Gasteiger partial charge in [0.2, 0.25) is 0 Å². The van der Waals surface area contributed by atoms with Crippen LogP contribution in [0.2, 0.25) is 0 Å². The minimum Gasteiger partial charge on any atom is -0.0622 e. The molecule has 0 nitrogen and oxygen atoms in total. The summed E-state index contributed by atoms with van der Waals surface area (Å²) in [5.41, 5.74) is 5.21. The second-order valence-corrected chi connectivity index (χ2v) is 7.28. The average molecular weight is 346 g/mol. The minimum absolute atomic E-state index is 0. The summed E-state index contributed by atoms with van der Waals surface area (Å²) in [6.45, 7) is 0. The molecule has 26 heavy (non-hydrogen) atoms. The Morgan fingerprint density at radius 3 is 1.15 bits per heavy atom. The maximum atomic E-state index is 2.25. The van der Waals surface area contributed by atoms with E-state index in [0.29, 0.717) is 8.58 Å². The zero-order valence-electron chi connectivity index (χ0n) is 13.9. The van der Waals surface area contributed by atoms with Crippen LogP contribution >= 0.6 is 8.58 Å². The van der Waals surface area contributed by atoms with E-state index in [4.69, 9.17) is 0 Å². The van der Waals surface area contributed by atoms with E-state index in [-0.39, 0.29) is 18.9 Å². The van der Waals surface area contributed by atoms with Crippen LogP contribution in [-0.2, 0) is 0 Å². The Morgan fingerprint density at radius 2 is 0.731 bits per heavy atom. The van der Waals surface area contributed by atoms with Crippen molar-refractivity contribution in [2.75, 3.05) is 0 Å². The minimum atomic E-state index is 0. The molecule has 0 atom stereocenters. The van der Waals surface area contributed by atoms with E-state index in [1.807, 2.05) is 0 Å². The molecule has 0 bridgehead atoms. The van der Waals surface area contributed by atoms with E-state index >= 15 is 0 Å². The third-order valence-electron chi connectivity index (χ3n) is 4.29. The summed E-state index contributed by atoms with van der Waals surface area (Å²) in [6.07, 6.45) is 0. The van der Waals surface area contributed by atoms with E-state index in [2.05, 4.69) is 109 Å². The molecule has 0 N–H and O–H groups in total. The molecule has 0 aliphatic rings.